The summed E-state index contributed by atoms with van der Waals surface area (Å²) >= 11 is 6.64. The fraction of sp³-hybridized carbons (Fsp3) is 0.222. The fourth-order valence-corrected chi connectivity index (χ4v) is 3.08. The number of hydrogen-bond donors (Lipinski definition) is 2. The minimum Gasteiger partial charge on any atom is -0.503 e. The van der Waals surface area contributed by atoms with Crippen molar-refractivity contribution in [2.24, 2.45) is 5.10 Å². The first-order valence-electron chi connectivity index (χ1n) is 7.77. The normalized spacial score (nSPS) is 10.8. The van der Waals surface area contributed by atoms with Crippen molar-refractivity contribution in [2.75, 3.05) is 13.2 Å². The van der Waals surface area contributed by atoms with Gasteiger partial charge in [0.05, 0.1) is 21.8 Å². The molecule has 0 heterocycles. The van der Waals surface area contributed by atoms with Crippen LogP contribution >= 0.6 is 31.9 Å². The lowest BCUT2D eigenvalue weighted by molar-refractivity contribution is -0.123. The van der Waals surface area contributed by atoms with E-state index in [-0.39, 0.29) is 12.4 Å². The van der Waals surface area contributed by atoms with Gasteiger partial charge in [-0.15, -0.1) is 0 Å². The van der Waals surface area contributed by atoms with E-state index in [0.29, 0.717) is 28.1 Å². The molecule has 0 saturated heterocycles. The molecular weight excluding hydrogens is 468 g/mol. The minimum atomic E-state index is -0.392. The number of ether oxygens (including phenoxy) is 2. The van der Waals surface area contributed by atoms with E-state index in [4.69, 9.17) is 9.47 Å². The molecule has 0 saturated carbocycles. The van der Waals surface area contributed by atoms with Gasteiger partial charge in [-0.2, -0.15) is 5.10 Å². The number of phenols is 1. The number of rotatable bonds is 7. The SMILES string of the molecule is CCOc1cc(/C=N/NC(=O)COc2ccc(C)cc2Br)cc(Br)c1O. The van der Waals surface area contributed by atoms with Crippen LogP contribution in [-0.2, 0) is 4.79 Å². The van der Waals surface area contributed by atoms with Gasteiger partial charge in [0.1, 0.15) is 5.75 Å². The molecule has 2 aromatic rings. The Labute approximate surface area is 168 Å². The van der Waals surface area contributed by atoms with Crippen molar-refractivity contribution in [2.45, 2.75) is 13.8 Å². The van der Waals surface area contributed by atoms with Crippen molar-refractivity contribution in [1.82, 2.24) is 5.43 Å². The number of nitrogens with one attached hydrogen (secondary N) is 1. The molecule has 26 heavy (non-hydrogen) atoms. The fourth-order valence-electron chi connectivity index (χ4n) is 2.01. The zero-order valence-electron chi connectivity index (χ0n) is 14.3. The monoisotopic (exact) mass is 484 g/mol. The van der Waals surface area contributed by atoms with E-state index in [2.05, 4.69) is 42.4 Å². The van der Waals surface area contributed by atoms with Gasteiger partial charge in [-0.3, -0.25) is 4.79 Å². The van der Waals surface area contributed by atoms with E-state index in [1.807, 2.05) is 26.0 Å². The van der Waals surface area contributed by atoms with E-state index in [9.17, 15) is 9.90 Å². The molecule has 0 aromatic heterocycles. The molecule has 0 aliphatic heterocycles. The van der Waals surface area contributed by atoms with Crippen LogP contribution in [0.2, 0.25) is 0 Å². The summed E-state index contributed by atoms with van der Waals surface area (Å²) in [6.45, 7) is 4.04. The van der Waals surface area contributed by atoms with Gasteiger partial charge in [-0.05, 0) is 81.1 Å². The second-order valence-corrected chi connectivity index (χ2v) is 7.01. The zero-order valence-corrected chi connectivity index (χ0v) is 17.4. The lowest BCUT2D eigenvalue weighted by atomic mass is 10.2. The first-order valence-corrected chi connectivity index (χ1v) is 9.35. The van der Waals surface area contributed by atoms with E-state index in [0.717, 1.165) is 10.0 Å². The quantitative estimate of drug-likeness (QED) is 0.456. The van der Waals surface area contributed by atoms with Gasteiger partial charge in [-0.1, -0.05) is 6.07 Å². The molecule has 138 valence electrons. The Morgan fingerprint density at radius 1 is 1.19 bits per heavy atom. The first kappa shape index (κ1) is 20.3. The molecule has 0 spiro atoms. The molecule has 0 fully saturated rings. The molecule has 0 aliphatic rings. The second-order valence-electron chi connectivity index (χ2n) is 5.30. The third-order valence-electron chi connectivity index (χ3n) is 3.20. The van der Waals surface area contributed by atoms with Crippen molar-refractivity contribution in [3.05, 3.63) is 50.4 Å². The molecule has 6 nitrogen and oxygen atoms in total. The van der Waals surface area contributed by atoms with Crippen LogP contribution in [0.3, 0.4) is 0 Å². The highest BCUT2D eigenvalue weighted by Crippen LogP contribution is 2.35. The number of amides is 1. The number of halogens is 2. The molecule has 0 bridgehead atoms. The van der Waals surface area contributed by atoms with Crippen molar-refractivity contribution >= 4 is 44.0 Å². The number of nitrogens with zero attached hydrogens (tertiary/aromatic N) is 1. The van der Waals surface area contributed by atoms with Gasteiger partial charge in [0.25, 0.3) is 5.91 Å². The van der Waals surface area contributed by atoms with E-state index < -0.39 is 5.91 Å². The van der Waals surface area contributed by atoms with Crippen molar-refractivity contribution < 1.29 is 19.4 Å². The van der Waals surface area contributed by atoms with Crippen LogP contribution in [0.15, 0.2) is 44.4 Å². The van der Waals surface area contributed by atoms with Gasteiger partial charge in [0.2, 0.25) is 0 Å². The Morgan fingerprint density at radius 3 is 2.65 bits per heavy atom. The summed E-state index contributed by atoms with van der Waals surface area (Å²) in [6.07, 6.45) is 1.45. The molecule has 0 unspecified atom stereocenters. The Hall–Kier alpha value is -2.06. The minimum absolute atomic E-state index is 0.0186. The average molecular weight is 486 g/mol. The molecule has 8 heteroatoms. The predicted octanol–water partition coefficient (Wildman–Crippen LogP) is 4.15. The molecule has 2 rings (SSSR count). The summed E-state index contributed by atoms with van der Waals surface area (Å²) in [4.78, 5) is 11.8. The average Bonchev–Trinajstić information content (AvgIpc) is 2.58. The van der Waals surface area contributed by atoms with Crippen LogP contribution in [0.1, 0.15) is 18.1 Å². The van der Waals surface area contributed by atoms with E-state index in [1.165, 1.54) is 6.21 Å². The van der Waals surface area contributed by atoms with Crippen LogP contribution in [0.5, 0.6) is 17.2 Å². The van der Waals surface area contributed by atoms with Crippen molar-refractivity contribution in [3.8, 4) is 17.2 Å². The molecule has 1 amide bonds. The summed E-state index contributed by atoms with van der Waals surface area (Å²) in [7, 11) is 0. The van der Waals surface area contributed by atoms with Crippen LogP contribution in [0, 0.1) is 6.92 Å². The van der Waals surface area contributed by atoms with Gasteiger partial charge < -0.3 is 14.6 Å². The third kappa shape index (κ3) is 5.74. The Bertz CT molecular complexity index is 825. The number of benzene rings is 2. The highest BCUT2D eigenvalue weighted by Gasteiger charge is 2.09. The number of phenolic OH excluding ortho intramolecular Hbond substituents is 1. The number of carbonyl (C=O) groups excluding carboxylic acids is 1. The van der Waals surface area contributed by atoms with Crippen LogP contribution in [0.25, 0.3) is 0 Å². The largest absolute Gasteiger partial charge is 0.503 e. The smallest absolute Gasteiger partial charge is 0.277 e. The van der Waals surface area contributed by atoms with Crippen molar-refractivity contribution in [3.63, 3.8) is 0 Å². The number of hydrogen-bond acceptors (Lipinski definition) is 5. The summed E-state index contributed by atoms with van der Waals surface area (Å²) in [5.41, 5.74) is 4.13. The van der Waals surface area contributed by atoms with Crippen LogP contribution in [0.4, 0.5) is 0 Å². The number of carbonyl (C=O) groups is 1. The van der Waals surface area contributed by atoms with Crippen LogP contribution in [-0.4, -0.2) is 30.4 Å². The van der Waals surface area contributed by atoms with Gasteiger partial charge in [0.15, 0.2) is 18.1 Å². The van der Waals surface area contributed by atoms with Gasteiger partial charge in [-0.25, -0.2) is 5.43 Å². The molecule has 0 atom stereocenters. The molecule has 0 radical (unpaired) electrons. The first-order chi connectivity index (χ1) is 12.4. The Morgan fingerprint density at radius 2 is 1.96 bits per heavy atom. The second kappa shape index (κ2) is 9.59. The maximum absolute atomic E-state index is 11.8. The summed E-state index contributed by atoms with van der Waals surface area (Å²) in [5, 5.41) is 13.8. The number of hydrazone groups is 1. The summed E-state index contributed by atoms with van der Waals surface area (Å²) in [6, 6.07) is 8.88. The highest BCUT2D eigenvalue weighted by molar-refractivity contribution is 9.10. The van der Waals surface area contributed by atoms with E-state index >= 15 is 0 Å². The Balaban J connectivity index is 1.92. The predicted molar refractivity (Wildman–Crippen MR) is 107 cm³/mol. The number of aromatic hydroxyl groups is 1. The topological polar surface area (TPSA) is 80.2 Å². The highest BCUT2D eigenvalue weighted by atomic mass is 79.9. The van der Waals surface area contributed by atoms with Gasteiger partial charge >= 0.3 is 0 Å². The molecule has 2 N–H and O–H groups in total. The van der Waals surface area contributed by atoms with Crippen LogP contribution < -0.4 is 14.9 Å². The van der Waals surface area contributed by atoms with Crippen molar-refractivity contribution in [1.29, 1.82) is 0 Å². The standard InChI is InChI=1S/C18H18Br2N2O4/c1-3-25-16-8-12(7-14(20)18(16)24)9-21-22-17(23)10-26-15-5-4-11(2)6-13(15)19/h4-9,24H,3,10H2,1-2H3,(H,22,23)/b21-9+. The summed E-state index contributed by atoms with van der Waals surface area (Å²) < 4.78 is 12.0. The lowest BCUT2D eigenvalue weighted by Gasteiger charge is -2.09. The molecule has 0 aliphatic carbocycles. The maximum Gasteiger partial charge on any atom is 0.277 e. The zero-order chi connectivity index (χ0) is 19.1. The lowest BCUT2D eigenvalue weighted by Crippen LogP contribution is -2.24. The maximum atomic E-state index is 11.8. The third-order valence-corrected chi connectivity index (χ3v) is 4.42. The molecule has 2 aromatic carbocycles. The summed E-state index contributed by atoms with van der Waals surface area (Å²) in [5.74, 6) is 0.544. The Kier molecular flexibility index (Phi) is 7.47. The van der Waals surface area contributed by atoms with Gasteiger partial charge in [0, 0.05) is 0 Å². The molecular formula is C18H18Br2N2O4. The number of aryl methyl sites for hydroxylation is 1. The van der Waals surface area contributed by atoms with E-state index in [1.54, 1.807) is 18.2 Å².